The summed E-state index contributed by atoms with van der Waals surface area (Å²) in [5.74, 6) is 0.391. The van der Waals surface area contributed by atoms with Crippen LogP contribution in [0.2, 0.25) is 0 Å². The van der Waals surface area contributed by atoms with Crippen molar-refractivity contribution in [2.45, 2.75) is 44.9 Å². The van der Waals surface area contributed by atoms with Gasteiger partial charge in [0.05, 0.1) is 28.3 Å². The van der Waals surface area contributed by atoms with Gasteiger partial charge in [-0.3, -0.25) is 9.67 Å². The molecule has 1 aliphatic rings. The summed E-state index contributed by atoms with van der Waals surface area (Å²) in [6.45, 7) is 6.89. The van der Waals surface area contributed by atoms with Crippen LogP contribution in [0.15, 0.2) is 36.8 Å². The van der Waals surface area contributed by atoms with E-state index in [1.54, 1.807) is 18.5 Å². The van der Waals surface area contributed by atoms with Crippen molar-refractivity contribution < 1.29 is 18.3 Å². The molecule has 0 spiro atoms. The lowest BCUT2D eigenvalue weighted by molar-refractivity contribution is -0.117. The third kappa shape index (κ3) is 4.41. The molecule has 3 aromatic rings. The molecular formula is C21H25F2N5O2. The van der Waals surface area contributed by atoms with Crippen LogP contribution in [0.5, 0.6) is 5.88 Å². The number of rotatable bonds is 5. The van der Waals surface area contributed by atoms with E-state index in [1.165, 1.54) is 0 Å². The number of halogens is 2. The highest BCUT2D eigenvalue weighted by Gasteiger charge is 2.29. The topological polar surface area (TPSA) is 74.1 Å². The smallest absolute Gasteiger partial charge is 0.265 e. The molecule has 7 nitrogen and oxygen atoms in total. The molecule has 0 radical (unpaired) electrons. The van der Waals surface area contributed by atoms with Crippen molar-refractivity contribution in [2.24, 2.45) is 0 Å². The zero-order valence-electron chi connectivity index (χ0n) is 17.2. The lowest BCUT2D eigenvalue weighted by Gasteiger charge is -2.30. The SMILES string of the molecule is CC(C)(C)n1cc(-c2cc3ncccc3c(OC[C@@H]3CNC[C@H](C(F)F)O3)n2)cn1. The number of alkyl halides is 2. The van der Waals surface area contributed by atoms with Crippen LogP contribution in [0, 0.1) is 0 Å². The molecule has 1 saturated heterocycles. The first kappa shape index (κ1) is 20.6. The fourth-order valence-electron chi connectivity index (χ4n) is 3.27. The van der Waals surface area contributed by atoms with Crippen molar-refractivity contribution in [1.29, 1.82) is 0 Å². The van der Waals surface area contributed by atoms with Crippen molar-refractivity contribution in [1.82, 2.24) is 25.1 Å². The predicted molar refractivity (Wildman–Crippen MR) is 109 cm³/mol. The predicted octanol–water partition coefficient (Wildman–Crippen LogP) is 3.25. The van der Waals surface area contributed by atoms with Gasteiger partial charge in [0.2, 0.25) is 5.88 Å². The summed E-state index contributed by atoms with van der Waals surface area (Å²) in [6, 6.07) is 5.56. The molecule has 30 heavy (non-hydrogen) atoms. The number of morpholine rings is 1. The van der Waals surface area contributed by atoms with Gasteiger partial charge in [-0.25, -0.2) is 13.8 Å². The zero-order chi connectivity index (χ0) is 21.3. The Hall–Kier alpha value is -2.65. The van der Waals surface area contributed by atoms with Crippen LogP contribution >= 0.6 is 0 Å². The number of hydrogen-bond donors (Lipinski definition) is 1. The van der Waals surface area contributed by atoms with Gasteiger partial charge in [-0.05, 0) is 39.0 Å². The van der Waals surface area contributed by atoms with Gasteiger partial charge < -0.3 is 14.8 Å². The molecule has 160 valence electrons. The van der Waals surface area contributed by atoms with E-state index >= 15 is 0 Å². The minimum absolute atomic E-state index is 0.109. The third-order valence-electron chi connectivity index (χ3n) is 4.90. The highest BCUT2D eigenvalue weighted by Crippen LogP contribution is 2.29. The normalized spacial score (nSPS) is 20.1. The first-order valence-electron chi connectivity index (χ1n) is 9.89. The maximum atomic E-state index is 13.0. The largest absolute Gasteiger partial charge is 0.474 e. The fourth-order valence-corrected chi connectivity index (χ4v) is 3.27. The Balaban J connectivity index is 1.60. The summed E-state index contributed by atoms with van der Waals surface area (Å²) in [5, 5.41) is 8.15. The van der Waals surface area contributed by atoms with Crippen LogP contribution in [0.1, 0.15) is 20.8 Å². The molecule has 0 aliphatic carbocycles. The second-order valence-corrected chi connectivity index (χ2v) is 8.33. The Morgan fingerprint density at radius 3 is 2.90 bits per heavy atom. The molecule has 4 heterocycles. The van der Waals surface area contributed by atoms with Gasteiger partial charge in [0.1, 0.15) is 18.8 Å². The first-order valence-corrected chi connectivity index (χ1v) is 9.89. The molecule has 9 heteroatoms. The molecule has 4 rings (SSSR count). The van der Waals surface area contributed by atoms with Crippen LogP contribution in [0.4, 0.5) is 8.78 Å². The third-order valence-corrected chi connectivity index (χ3v) is 4.90. The van der Waals surface area contributed by atoms with Gasteiger partial charge in [-0.2, -0.15) is 5.10 Å². The minimum atomic E-state index is -2.54. The Kier molecular flexibility index (Phi) is 5.66. The number of fused-ring (bicyclic) bond motifs is 1. The number of nitrogens with one attached hydrogen (secondary N) is 1. The molecule has 1 aliphatic heterocycles. The van der Waals surface area contributed by atoms with Crippen molar-refractivity contribution in [3.63, 3.8) is 0 Å². The maximum absolute atomic E-state index is 13.0. The van der Waals surface area contributed by atoms with Gasteiger partial charge in [0, 0.05) is 31.0 Å². The monoisotopic (exact) mass is 417 g/mol. The van der Waals surface area contributed by atoms with Crippen molar-refractivity contribution in [3.8, 4) is 17.1 Å². The molecule has 0 aromatic carbocycles. The van der Waals surface area contributed by atoms with E-state index in [0.717, 1.165) is 16.5 Å². The number of nitrogens with zero attached hydrogens (tertiary/aromatic N) is 4. The molecule has 3 aromatic heterocycles. The highest BCUT2D eigenvalue weighted by atomic mass is 19.3. The quantitative estimate of drug-likeness (QED) is 0.687. The summed E-state index contributed by atoms with van der Waals surface area (Å²) in [5.41, 5.74) is 2.10. The Bertz CT molecular complexity index is 1020. The Morgan fingerprint density at radius 2 is 2.17 bits per heavy atom. The van der Waals surface area contributed by atoms with Crippen LogP contribution in [0.3, 0.4) is 0 Å². The van der Waals surface area contributed by atoms with Gasteiger partial charge in [-0.1, -0.05) is 0 Å². The molecular weight excluding hydrogens is 392 g/mol. The fraction of sp³-hybridized carbons (Fsp3) is 0.476. The Morgan fingerprint density at radius 1 is 1.33 bits per heavy atom. The molecule has 0 unspecified atom stereocenters. The van der Waals surface area contributed by atoms with E-state index in [1.807, 2.05) is 23.0 Å². The van der Waals surface area contributed by atoms with E-state index in [0.29, 0.717) is 18.1 Å². The average molecular weight is 417 g/mol. The van der Waals surface area contributed by atoms with Crippen LogP contribution in [0.25, 0.3) is 22.2 Å². The van der Waals surface area contributed by atoms with Gasteiger partial charge in [-0.15, -0.1) is 0 Å². The van der Waals surface area contributed by atoms with E-state index in [9.17, 15) is 8.78 Å². The number of hydrogen-bond acceptors (Lipinski definition) is 6. The Labute approximate surface area is 173 Å². The number of pyridine rings is 2. The molecule has 1 fully saturated rings. The molecule has 0 amide bonds. The lowest BCUT2D eigenvalue weighted by atomic mass is 10.1. The summed E-state index contributed by atoms with van der Waals surface area (Å²) in [7, 11) is 0. The van der Waals surface area contributed by atoms with Crippen LogP contribution in [-0.4, -0.2) is 58.1 Å². The average Bonchev–Trinajstić information content (AvgIpc) is 3.23. The highest BCUT2D eigenvalue weighted by molar-refractivity contribution is 5.86. The summed E-state index contributed by atoms with van der Waals surface area (Å²) >= 11 is 0. The second kappa shape index (κ2) is 8.23. The minimum Gasteiger partial charge on any atom is -0.474 e. The van der Waals surface area contributed by atoms with E-state index in [4.69, 9.17) is 9.47 Å². The zero-order valence-corrected chi connectivity index (χ0v) is 17.2. The molecule has 0 bridgehead atoms. The first-order chi connectivity index (χ1) is 14.3. The summed E-state index contributed by atoms with van der Waals surface area (Å²) < 4.78 is 39.2. The van der Waals surface area contributed by atoms with E-state index in [2.05, 4.69) is 41.2 Å². The van der Waals surface area contributed by atoms with Crippen molar-refractivity contribution in [3.05, 3.63) is 36.8 Å². The number of ether oxygens (including phenoxy) is 2. The van der Waals surface area contributed by atoms with Gasteiger partial charge in [0.25, 0.3) is 6.43 Å². The van der Waals surface area contributed by atoms with Crippen molar-refractivity contribution in [2.75, 3.05) is 19.7 Å². The standard InChI is InChI=1S/C21H25F2N5O2/c1-21(2,3)28-11-13(8-26-28)16-7-17-15(5-4-6-25-17)20(27-16)29-12-14-9-24-10-18(30-14)19(22)23/h4-8,11,14,18-19,24H,9-10,12H2,1-3H3/t14-,18+/m0/s1. The van der Waals surface area contributed by atoms with Gasteiger partial charge in [0.15, 0.2) is 0 Å². The second-order valence-electron chi connectivity index (χ2n) is 8.33. The molecule has 0 saturated carbocycles. The summed E-state index contributed by atoms with van der Waals surface area (Å²) in [4.78, 5) is 9.09. The van der Waals surface area contributed by atoms with Crippen LogP contribution < -0.4 is 10.1 Å². The maximum Gasteiger partial charge on any atom is 0.265 e. The van der Waals surface area contributed by atoms with Crippen LogP contribution in [-0.2, 0) is 10.3 Å². The molecule has 1 N–H and O–H groups in total. The van der Waals surface area contributed by atoms with E-state index < -0.39 is 18.6 Å². The van der Waals surface area contributed by atoms with Crippen molar-refractivity contribution >= 4 is 10.9 Å². The van der Waals surface area contributed by atoms with E-state index in [-0.39, 0.29) is 18.7 Å². The molecule has 2 atom stereocenters. The summed E-state index contributed by atoms with van der Waals surface area (Å²) in [6.07, 6.45) is 1.24. The lowest BCUT2D eigenvalue weighted by Crippen LogP contribution is -2.49. The number of aromatic nitrogens is 4. The van der Waals surface area contributed by atoms with Gasteiger partial charge >= 0.3 is 0 Å².